The van der Waals surface area contributed by atoms with Crippen molar-refractivity contribution in [1.82, 2.24) is 19.7 Å². The van der Waals surface area contributed by atoms with Crippen LogP contribution in [0.15, 0.2) is 0 Å². The standard InChI is InChI=1S/C15H22N4OS/c1-18-13(16-17-15(18)21)10-3-2-6-19(8-10)14(20)12-7-11(12)9-4-5-9/h9-12H,2-8H2,1H3,(H,17,21)/t10-,11+,12+/m1/s1. The average Bonchev–Trinajstić information content (AvgIpc) is 3.37. The first kappa shape index (κ1) is 13.5. The van der Waals surface area contributed by atoms with Gasteiger partial charge < -0.3 is 9.47 Å². The number of aromatic amines is 1. The van der Waals surface area contributed by atoms with Crippen LogP contribution in [0.25, 0.3) is 0 Å². The van der Waals surface area contributed by atoms with Gasteiger partial charge in [-0.3, -0.25) is 9.89 Å². The molecule has 1 N–H and O–H groups in total. The fraction of sp³-hybridized carbons (Fsp3) is 0.800. The van der Waals surface area contributed by atoms with Gasteiger partial charge in [-0.05, 0) is 56.2 Å². The predicted octanol–water partition coefficient (Wildman–Crippen LogP) is 2.23. The molecule has 0 radical (unpaired) electrons. The van der Waals surface area contributed by atoms with Gasteiger partial charge in [0.15, 0.2) is 4.77 Å². The van der Waals surface area contributed by atoms with E-state index in [1.807, 2.05) is 11.6 Å². The normalized spacial score (nSPS) is 32.2. The number of likely N-dealkylation sites (tertiary alicyclic amines) is 1. The zero-order chi connectivity index (χ0) is 14.6. The Labute approximate surface area is 129 Å². The molecule has 1 amide bonds. The molecular weight excluding hydrogens is 284 g/mol. The molecule has 3 fully saturated rings. The topological polar surface area (TPSA) is 53.9 Å². The minimum Gasteiger partial charge on any atom is -0.342 e. The summed E-state index contributed by atoms with van der Waals surface area (Å²) in [6, 6.07) is 0. The second-order valence-electron chi connectivity index (χ2n) is 6.91. The summed E-state index contributed by atoms with van der Waals surface area (Å²) in [7, 11) is 1.95. The molecule has 2 heterocycles. The molecule has 21 heavy (non-hydrogen) atoms. The summed E-state index contributed by atoms with van der Waals surface area (Å²) in [5.41, 5.74) is 0. The Kier molecular flexibility index (Phi) is 3.17. The molecule has 1 aromatic heterocycles. The van der Waals surface area contributed by atoms with E-state index >= 15 is 0 Å². The molecule has 5 nitrogen and oxygen atoms in total. The number of aromatic nitrogens is 3. The van der Waals surface area contributed by atoms with Crippen molar-refractivity contribution in [2.45, 2.75) is 38.0 Å². The minimum absolute atomic E-state index is 0.318. The molecule has 4 rings (SSSR count). The maximum Gasteiger partial charge on any atom is 0.226 e. The summed E-state index contributed by atoms with van der Waals surface area (Å²) in [6.07, 6.45) is 5.99. The van der Waals surface area contributed by atoms with E-state index in [9.17, 15) is 4.79 Å². The maximum absolute atomic E-state index is 12.6. The lowest BCUT2D eigenvalue weighted by molar-refractivity contribution is -0.134. The van der Waals surface area contributed by atoms with Gasteiger partial charge in [0, 0.05) is 32.0 Å². The van der Waals surface area contributed by atoms with Crippen molar-refractivity contribution < 1.29 is 4.79 Å². The van der Waals surface area contributed by atoms with Gasteiger partial charge in [0.25, 0.3) is 0 Å². The van der Waals surface area contributed by atoms with Crippen LogP contribution in [0.3, 0.4) is 0 Å². The largest absolute Gasteiger partial charge is 0.342 e. The molecule has 6 heteroatoms. The SMILES string of the molecule is Cn1c([C@@H]2CCCN(C(=O)[C@H]3C[C@H]3C3CC3)C2)n[nH]c1=S. The molecule has 1 saturated heterocycles. The van der Waals surface area contributed by atoms with Crippen LogP contribution in [0.2, 0.25) is 0 Å². The van der Waals surface area contributed by atoms with E-state index in [1.165, 1.54) is 12.8 Å². The van der Waals surface area contributed by atoms with E-state index in [2.05, 4.69) is 15.1 Å². The summed E-state index contributed by atoms with van der Waals surface area (Å²) in [4.78, 5) is 14.7. The summed E-state index contributed by atoms with van der Waals surface area (Å²) in [6.45, 7) is 1.72. The Morgan fingerprint density at radius 2 is 2.19 bits per heavy atom. The summed E-state index contributed by atoms with van der Waals surface area (Å²) in [5.74, 6) is 3.61. The van der Waals surface area contributed by atoms with Gasteiger partial charge >= 0.3 is 0 Å². The van der Waals surface area contributed by atoms with Gasteiger partial charge in [-0.2, -0.15) is 5.10 Å². The first-order valence-corrected chi connectivity index (χ1v) is 8.46. The quantitative estimate of drug-likeness (QED) is 0.871. The van der Waals surface area contributed by atoms with Gasteiger partial charge in [-0.25, -0.2) is 0 Å². The Bertz CT molecular complexity index is 617. The molecule has 0 aromatic carbocycles. The maximum atomic E-state index is 12.6. The first-order chi connectivity index (χ1) is 10.1. The van der Waals surface area contributed by atoms with Crippen LogP contribution in [0, 0.1) is 22.5 Å². The second kappa shape index (κ2) is 4.93. The number of rotatable bonds is 3. The van der Waals surface area contributed by atoms with E-state index in [1.54, 1.807) is 0 Å². The molecule has 2 saturated carbocycles. The first-order valence-electron chi connectivity index (χ1n) is 8.05. The van der Waals surface area contributed by atoms with Gasteiger partial charge in [-0.15, -0.1) is 0 Å². The Hall–Kier alpha value is -1.17. The molecule has 1 aliphatic heterocycles. The monoisotopic (exact) mass is 306 g/mol. The van der Waals surface area contributed by atoms with Crippen molar-refractivity contribution in [3.8, 4) is 0 Å². The van der Waals surface area contributed by atoms with E-state index < -0.39 is 0 Å². The number of nitrogens with zero attached hydrogens (tertiary/aromatic N) is 3. The molecule has 2 aliphatic carbocycles. The van der Waals surface area contributed by atoms with Crippen molar-refractivity contribution in [3.05, 3.63) is 10.6 Å². The van der Waals surface area contributed by atoms with E-state index in [0.29, 0.717) is 28.4 Å². The van der Waals surface area contributed by atoms with Crippen LogP contribution in [0.5, 0.6) is 0 Å². The fourth-order valence-electron chi connectivity index (χ4n) is 3.89. The fourth-order valence-corrected chi connectivity index (χ4v) is 4.03. The van der Waals surface area contributed by atoms with Crippen molar-refractivity contribution in [3.63, 3.8) is 0 Å². The zero-order valence-electron chi connectivity index (χ0n) is 12.4. The molecule has 114 valence electrons. The summed E-state index contributed by atoms with van der Waals surface area (Å²) in [5, 5.41) is 7.21. The van der Waals surface area contributed by atoms with Gasteiger partial charge in [0.1, 0.15) is 5.82 Å². The number of hydrogen-bond acceptors (Lipinski definition) is 3. The highest BCUT2D eigenvalue weighted by atomic mass is 32.1. The van der Waals surface area contributed by atoms with Crippen molar-refractivity contribution >= 4 is 18.1 Å². The third kappa shape index (κ3) is 2.43. The van der Waals surface area contributed by atoms with Crippen LogP contribution < -0.4 is 0 Å². The zero-order valence-corrected chi connectivity index (χ0v) is 13.2. The number of H-pyrrole nitrogens is 1. The highest BCUT2D eigenvalue weighted by molar-refractivity contribution is 7.71. The highest BCUT2D eigenvalue weighted by Crippen LogP contribution is 2.55. The molecule has 3 atom stereocenters. The molecule has 1 aromatic rings. The van der Waals surface area contributed by atoms with E-state index in [0.717, 1.165) is 44.1 Å². The number of carbonyl (C=O) groups is 1. The minimum atomic E-state index is 0.318. The Morgan fingerprint density at radius 1 is 1.38 bits per heavy atom. The third-order valence-electron chi connectivity index (χ3n) is 5.40. The van der Waals surface area contributed by atoms with Gasteiger partial charge in [0.2, 0.25) is 5.91 Å². The van der Waals surface area contributed by atoms with E-state index in [4.69, 9.17) is 12.2 Å². The van der Waals surface area contributed by atoms with Crippen molar-refractivity contribution in [1.29, 1.82) is 0 Å². The molecule has 3 aliphatic rings. The molecular formula is C15H22N4OS. The van der Waals surface area contributed by atoms with Crippen LogP contribution in [-0.2, 0) is 11.8 Å². The van der Waals surface area contributed by atoms with Crippen molar-refractivity contribution in [2.75, 3.05) is 13.1 Å². The smallest absolute Gasteiger partial charge is 0.226 e. The number of nitrogens with one attached hydrogen (secondary N) is 1. The summed E-state index contributed by atoms with van der Waals surface area (Å²) >= 11 is 5.19. The Balaban J connectivity index is 1.44. The van der Waals surface area contributed by atoms with Crippen LogP contribution in [0.4, 0.5) is 0 Å². The van der Waals surface area contributed by atoms with Crippen LogP contribution in [-0.4, -0.2) is 38.7 Å². The van der Waals surface area contributed by atoms with Crippen molar-refractivity contribution in [2.24, 2.45) is 24.8 Å². The lowest BCUT2D eigenvalue weighted by atomic mass is 9.96. The lowest BCUT2D eigenvalue weighted by Gasteiger charge is -2.32. The molecule has 0 bridgehead atoms. The average molecular weight is 306 g/mol. The third-order valence-corrected chi connectivity index (χ3v) is 5.76. The highest BCUT2D eigenvalue weighted by Gasteiger charge is 2.52. The van der Waals surface area contributed by atoms with E-state index in [-0.39, 0.29) is 0 Å². The number of amides is 1. The second-order valence-corrected chi connectivity index (χ2v) is 7.30. The number of hydrogen-bond donors (Lipinski definition) is 1. The number of carbonyl (C=O) groups excluding carboxylic acids is 1. The van der Waals surface area contributed by atoms with Gasteiger partial charge in [0.05, 0.1) is 0 Å². The summed E-state index contributed by atoms with van der Waals surface area (Å²) < 4.78 is 2.60. The predicted molar refractivity (Wildman–Crippen MR) is 81.3 cm³/mol. The number of piperidine rings is 1. The van der Waals surface area contributed by atoms with Crippen LogP contribution >= 0.6 is 12.2 Å². The van der Waals surface area contributed by atoms with Gasteiger partial charge in [-0.1, -0.05) is 0 Å². The lowest BCUT2D eigenvalue weighted by Crippen LogP contribution is -2.40. The Morgan fingerprint density at radius 3 is 2.86 bits per heavy atom. The molecule has 0 spiro atoms. The van der Waals surface area contributed by atoms with Crippen LogP contribution in [0.1, 0.15) is 43.8 Å². The molecule has 0 unspecified atom stereocenters.